The summed E-state index contributed by atoms with van der Waals surface area (Å²) in [6.45, 7) is 13.1. The average molecular weight is 615 g/mol. The molecule has 0 aliphatic heterocycles. The monoisotopic (exact) mass is 614 g/mol. The van der Waals surface area contributed by atoms with Gasteiger partial charge in [0, 0.05) is 16.3 Å². The fraction of sp³-hybridized carbons (Fsp3) is 0.677. The number of fused-ring (bicyclic) bond motifs is 1. The third-order valence-electron chi connectivity index (χ3n) is 8.06. The van der Waals surface area contributed by atoms with Crippen molar-refractivity contribution in [3.8, 4) is 11.5 Å². The molecule has 3 unspecified atom stereocenters. The van der Waals surface area contributed by atoms with E-state index in [0.29, 0.717) is 40.2 Å². The summed E-state index contributed by atoms with van der Waals surface area (Å²) in [5, 5.41) is 0.642. The molecule has 0 amide bonds. The van der Waals surface area contributed by atoms with Crippen LogP contribution in [0.3, 0.4) is 0 Å². The van der Waals surface area contributed by atoms with Gasteiger partial charge in [-0.15, -0.1) is 0 Å². The molecule has 10 heteroatoms. The number of hydrogen-bond donors (Lipinski definition) is 4. The summed E-state index contributed by atoms with van der Waals surface area (Å²) in [5.74, 6) is 2.65. The van der Waals surface area contributed by atoms with Gasteiger partial charge in [-0.3, -0.25) is 19.6 Å². The first kappa shape index (κ1) is 35.8. The van der Waals surface area contributed by atoms with Gasteiger partial charge in [0.15, 0.2) is 0 Å². The molecular formula is C31H52O8P2. The van der Waals surface area contributed by atoms with Crippen LogP contribution in [-0.4, -0.2) is 19.6 Å². The Hall–Kier alpha value is -1.40. The molecule has 0 heterocycles. The van der Waals surface area contributed by atoms with Gasteiger partial charge >= 0.3 is 15.6 Å². The standard InChI is InChI=1S/C31H52O8P2/c1-22(2)12-9-13-23(3)14-10-15-24(4)16-11-17-25(5)20-21-27-26(6)30(38-40(32,33)34)28-18-7-8-19-29(28)31(27)39-41(35,36)37/h7-8,18-19,22-25H,9-17,20-21H2,1-6H3,(H2,32,33,34)(H2,35,36,37). The van der Waals surface area contributed by atoms with Crippen LogP contribution < -0.4 is 9.05 Å². The summed E-state index contributed by atoms with van der Waals surface area (Å²) in [7, 11) is -9.77. The van der Waals surface area contributed by atoms with Gasteiger partial charge in [-0.1, -0.05) is 117 Å². The van der Waals surface area contributed by atoms with Crippen molar-refractivity contribution in [2.75, 3.05) is 0 Å². The van der Waals surface area contributed by atoms with Crippen molar-refractivity contribution in [3.05, 3.63) is 35.4 Å². The van der Waals surface area contributed by atoms with E-state index in [-0.39, 0.29) is 11.5 Å². The van der Waals surface area contributed by atoms with Crippen LogP contribution in [0.1, 0.15) is 110 Å². The molecular weight excluding hydrogens is 562 g/mol. The highest BCUT2D eigenvalue weighted by molar-refractivity contribution is 7.47. The molecule has 0 aliphatic rings. The summed E-state index contributed by atoms with van der Waals surface area (Å²) in [4.78, 5) is 38.3. The van der Waals surface area contributed by atoms with Crippen molar-refractivity contribution in [2.45, 2.75) is 112 Å². The molecule has 2 aromatic rings. The summed E-state index contributed by atoms with van der Waals surface area (Å²) >= 11 is 0. The maximum atomic E-state index is 11.9. The van der Waals surface area contributed by atoms with Gasteiger partial charge < -0.3 is 9.05 Å². The summed E-state index contributed by atoms with van der Waals surface area (Å²) < 4.78 is 33.8. The van der Waals surface area contributed by atoms with Crippen LogP contribution in [0.2, 0.25) is 0 Å². The Kier molecular flexibility index (Phi) is 14.4. The van der Waals surface area contributed by atoms with Crippen LogP contribution in [0.4, 0.5) is 0 Å². The Labute approximate surface area is 246 Å². The molecule has 0 saturated carbocycles. The quantitative estimate of drug-likeness (QED) is 0.115. The SMILES string of the molecule is Cc1c(CCC(C)CCCC(C)CCCC(C)CCCC(C)C)c(OP(=O)(O)O)c2ccccc2c1OP(=O)(O)O. The zero-order chi connectivity index (χ0) is 30.8. The molecule has 0 fully saturated rings. The van der Waals surface area contributed by atoms with Gasteiger partial charge in [0.2, 0.25) is 0 Å². The lowest BCUT2D eigenvalue weighted by Crippen LogP contribution is -2.06. The lowest BCUT2D eigenvalue weighted by atomic mass is 9.89. The van der Waals surface area contributed by atoms with Crippen molar-refractivity contribution in [1.82, 2.24) is 0 Å². The van der Waals surface area contributed by atoms with Crippen molar-refractivity contribution in [1.29, 1.82) is 0 Å². The van der Waals surface area contributed by atoms with Crippen LogP contribution in [-0.2, 0) is 15.6 Å². The highest BCUT2D eigenvalue weighted by Crippen LogP contribution is 2.50. The van der Waals surface area contributed by atoms with Crippen molar-refractivity contribution in [2.24, 2.45) is 23.7 Å². The lowest BCUT2D eigenvalue weighted by Gasteiger charge is -2.22. The Morgan fingerprint density at radius 3 is 1.46 bits per heavy atom. The molecule has 0 radical (unpaired) electrons. The number of phosphoric ester groups is 2. The first-order chi connectivity index (χ1) is 19.1. The summed E-state index contributed by atoms with van der Waals surface area (Å²) in [6.07, 6.45) is 12.3. The van der Waals surface area contributed by atoms with Gasteiger partial charge in [0.25, 0.3) is 0 Å². The first-order valence-corrected chi connectivity index (χ1v) is 18.2. The van der Waals surface area contributed by atoms with Crippen LogP contribution in [0.25, 0.3) is 10.8 Å². The molecule has 0 aliphatic carbocycles. The van der Waals surface area contributed by atoms with Gasteiger partial charge in [-0.25, -0.2) is 9.13 Å². The van der Waals surface area contributed by atoms with Crippen LogP contribution in [0, 0.1) is 30.6 Å². The Morgan fingerprint density at radius 1 is 0.634 bits per heavy atom. The zero-order valence-electron chi connectivity index (χ0n) is 25.7. The van der Waals surface area contributed by atoms with E-state index in [1.807, 2.05) is 0 Å². The molecule has 8 nitrogen and oxygen atoms in total. The summed E-state index contributed by atoms with van der Waals surface area (Å²) in [5.41, 5.74) is 0.882. The fourth-order valence-electron chi connectivity index (χ4n) is 5.64. The van der Waals surface area contributed by atoms with E-state index >= 15 is 0 Å². The van der Waals surface area contributed by atoms with E-state index in [2.05, 4.69) is 34.6 Å². The van der Waals surface area contributed by atoms with E-state index in [4.69, 9.17) is 9.05 Å². The van der Waals surface area contributed by atoms with E-state index in [1.54, 1.807) is 31.2 Å². The maximum absolute atomic E-state index is 11.9. The lowest BCUT2D eigenvalue weighted by molar-refractivity contribution is 0.278. The van der Waals surface area contributed by atoms with Crippen molar-refractivity contribution >= 4 is 26.4 Å². The molecule has 41 heavy (non-hydrogen) atoms. The second-order valence-corrected chi connectivity index (χ2v) is 14.8. The largest absolute Gasteiger partial charge is 0.524 e. The van der Waals surface area contributed by atoms with Gasteiger partial charge in [-0.2, -0.15) is 0 Å². The second kappa shape index (κ2) is 16.4. The third kappa shape index (κ3) is 13.2. The molecule has 0 aromatic heterocycles. The minimum Gasteiger partial charge on any atom is -0.403 e. The maximum Gasteiger partial charge on any atom is 0.524 e. The van der Waals surface area contributed by atoms with Crippen LogP contribution in [0.5, 0.6) is 11.5 Å². The predicted molar refractivity (Wildman–Crippen MR) is 166 cm³/mol. The molecule has 234 valence electrons. The number of hydrogen-bond acceptors (Lipinski definition) is 4. The topological polar surface area (TPSA) is 134 Å². The Morgan fingerprint density at radius 2 is 1.02 bits per heavy atom. The fourth-order valence-corrected chi connectivity index (χ4v) is 6.56. The van der Waals surface area contributed by atoms with E-state index in [1.165, 1.54) is 44.9 Å². The van der Waals surface area contributed by atoms with E-state index in [0.717, 1.165) is 31.1 Å². The Balaban J connectivity index is 2.00. The average Bonchev–Trinajstić information content (AvgIpc) is 2.84. The van der Waals surface area contributed by atoms with Gasteiger partial charge in [0.1, 0.15) is 11.5 Å². The number of phosphoric acid groups is 2. The first-order valence-electron chi connectivity index (χ1n) is 15.1. The minimum absolute atomic E-state index is 0.00212. The number of benzene rings is 2. The van der Waals surface area contributed by atoms with Gasteiger partial charge in [0.05, 0.1) is 0 Å². The molecule has 3 atom stereocenters. The van der Waals surface area contributed by atoms with Gasteiger partial charge in [-0.05, 0) is 49.0 Å². The molecule has 4 N–H and O–H groups in total. The second-order valence-electron chi connectivity index (χ2n) is 12.5. The highest BCUT2D eigenvalue weighted by atomic mass is 31.2. The van der Waals surface area contributed by atoms with E-state index < -0.39 is 15.6 Å². The van der Waals surface area contributed by atoms with Crippen LogP contribution in [0.15, 0.2) is 24.3 Å². The number of rotatable bonds is 19. The van der Waals surface area contributed by atoms with Crippen molar-refractivity contribution in [3.63, 3.8) is 0 Å². The highest BCUT2D eigenvalue weighted by Gasteiger charge is 2.28. The smallest absolute Gasteiger partial charge is 0.403 e. The third-order valence-corrected chi connectivity index (χ3v) is 8.90. The molecule has 0 saturated heterocycles. The predicted octanol–water partition coefficient (Wildman–Crippen LogP) is 9.10. The van der Waals surface area contributed by atoms with Crippen molar-refractivity contribution < 1.29 is 37.8 Å². The Bertz CT molecular complexity index is 1190. The van der Waals surface area contributed by atoms with Crippen LogP contribution >= 0.6 is 15.6 Å². The molecule has 2 rings (SSSR count). The summed E-state index contributed by atoms with van der Waals surface area (Å²) in [6, 6.07) is 6.52. The molecule has 0 spiro atoms. The minimum atomic E-state index is -4.89. The molecule has 0 bridgehead atoms. The normalized spacial score (nSPS) is 14.8. The zero-order valence-corrected chi connectivity index (χ0v) is 27.5. The van der Waals surface area contributed by atoms with E-state index in [9.17, 15) is 28.7 Å². The molecule has 2 aromatic carbocycles.